The van der Waals surface area contributed by atoms with E-state index in [1.54, 1.807) is 4.72 Å². The first kappa shape index (κ1) is 21.7. The number of anilines is 1. The monoisotopic (exact) mass is 457 g/mol. The third-order valence-electron chi connectivity index (χ3n) is 2.80. The fourth-order valence-electron chi connectivity index (χ4n) is 1.79. The largest absolute Gasteiger partial charge is 0.443 e. The summed E-state index contributed by atoms with van der Waals surface area (Å²) in [6, 6.07) is 3.43. The predicted molar refractivity (Wildman–Crippen MR) is 93.8 cm³/mol. The molecule has 1 aromatic carbocycles. The van der Waals surface area contributed by atoms with E-state index >= 15 is 0 Å². The second-order valence-electron chi connectivity index (χ2n) is 4.74. The molecular weight excluding hydrogens is 447 g/mol. The molecule has 0 aliphatic rings. The van der Waals surface area contributed by atoms with E-state index in [-0.39, 0.29) is 11.0 Å². The summed E-state index contributed by atoms with van der Waals surface area (Å²) in [6.07, 6.45) is 0. The number of ether oxygens (including phenoxy) is 2. The second kappa shape index (κ2) is 9.03. The molecule has 0 unspecified atom stereocenters. The Balaban J connectivity index is 2.16. The summed E-state index contributed by atoms with van der Waals surface area (Å²) in [7, 11) is -3.19. The summed E-state index contributed by atoms with van der Waals surface area (Å²) in [5, 5.41) is 5.26. The van der Waals surface area contributed by atoms with Crippen molar-refractivity contribution in [2.75, 3.05) is 5.32 Å². The van der Waals surface area contributed by atoms with Crippen molar-refractivity contribution in [1.29, 1.82) is 0 Å². The Morgan fingerprint density at radius 2 is 2.04 bits per heavy atom. The van der Waals surface area contributed by atoms with E-state index in [1.165, 1.54) is 25.2 Å². The molecule has 0 aliphatic heterocycles. The molecule has 1 heterocycles. The molecule has 152 valence electrons. The van der Waals surface area contributed by atoms with Gasteiger partial charge in [-0.1, -0.05) is 23.7 Å². The van der Waals surface area contributed by atoms with Gasteiger partial charge in [-0.05, 0) is 23.7 Å². The van der Waals surface area contributed by atoms with Gasteiger partial charge in [-0.3, -0.25) is 5.32 Å². The number of aromatic nitrogens is 3. The van der Waals surface area contributed by atoms with Crippen LogP contribution < -0.4 is 19.5 Å². The number of nitrogens with one attached hydrogen (secondary N) is 2. The van der Waals surface area contributed by atoms with E-state index < -0.39 is 39.5 Å². The third kappa shape index (κ3) is 5.68. The first-order valence-electron chi connectivity index (χ1n) is 7.05. The molecule has 28 heavy (non-hydrogen) atoms. The lowest BCUT2D eigenvalue weighted by Gasteiger charge is -2.11. The van der Waals surface area contributed by atoms with Crippen LogP contribution in [0.3, 0.4) is 0 Å². The first-order valence-corrected chi connectivity index (χ1v) is 9.34. The molecule has 0 saturated carbocycles. The minimum Gasteiger partial charge on any atom is -0.443 e. The molecular formula is C13H11Cl2F2N5O5S. The molecule has 0 atom stereocenters. The van der Waals surface area contributed by atoms with Crippen LogP contribution in [0, 0.1) is 0 Å². The maximum atomic E-state index is 12.4. The van der Waals surface area contributed by atoms with Crippen LogP contribution in [0.15, 0.2) is 39.9 Å². The van der Waals surface area contributed by atoms with Crippen LogP contribution >= 0.6 is 23.2 Å². The standard InChI is InChI=1S/C13H11Cl2F2N5O5S/c1-22-13(27-10(16)17)19-11(20-22)18-12(23)21-28(24,25)8-5-3-2-4-7(8)26-9(15)6-14/h2-6,10H,1H3,(H2,18,20,21,23). The lowest BCUT2D eigenvalue weighted by molar-refractivity contribution is -0.0583. The number of amides is 2. The highest BCUT2D eigenvalue weighted by Crippen LogP contribution is 2.26. The van der Waals surface area contributed by atoms with Crippen molar-refractivity contribution in [3.63, 3.8) is 0 Å². The summed E-state index contributed by atoms with van der Waals surface area (Å²) < 4.78 is 60.9. The number of nitrogens with zero attached hydrogens (tertiary/aromatic N) is 3. The Kier molecular flexibility index (Phi) is 6.99. The van der Waals surface area contributed by atoms with Gasteiger partial charge in [0.25, 0.3) is 16.0 Å². The van der Waals surface area contributed by atoms with Gasteiger partial charge in [0.05, 0.1) is 5.54 Å². The van der Waals surface area contributed by atoms with Gasteiger partial charge in [0.1, 0.15) is 10.6 Å². The average molecular weight is 458 g/mol. The topological polar surface area (TPSA) is 124 Å². The maximum absolute atomic E-state index is 12.4. The summed E-state index contributed by atoms with van der Waals surface area (Å²) in [4.78, 5) is 15.0. The molecule has 15 heteroatoms. The van der Waals surface area contributed by atoms with E-state index in [0.717, 1.165) is 16.3 Å². The normalized spacial score (nSPS) is 12.0. The van der Waals surface area contributed by atoms with Gasteiger partial charge in [0.2, 0.25) is 5.22 Å². The van der Waals surface area contributed by atoms with Gasteiger partial charge in [-0.2, -0.15) is 13.8 Å². The van der Waals surface area contributed by atoms with Crippen molar-refractivity contribution >= 4 is 45.2 Å². The van der Waals surface area contributed by atoms with Crippen LogP contribution in [-0.2, 0) is 17.1 Å². The molecule has 0 bridgehead atoms. The minimum atomic E-state index is -4.42. The fraction of sp³-hybridized carbons (Fsp3) is 0.154. The number of carbonyl (C=O) groups is 1. The Hall–Kier alpha value is -2.64. The van der Waals surface area contributed by atoms with Crippen LogP contribution in [0.5, 0.6) is 11.8 Å². The average Bonchev–Trinajstić information content (AvgIpc) is 2.92. The van der Waals surface area contributed by atoms with Gasteiger partial charge < -0.3 is 9.47 Å². The summed E-state index contributed by atoms with van der Waals surface area (Å²) in [5.41, 5.74) is 0.872. The number of rotatable bonds is 7. The first-order chi connectivity index (χ1) is 13.1. The molecule has 0 saturated heterocycles. The van der Waals surface area contributed by atoms with Crippen LogP contribution in [0.4, 0.5) is 19.5 Å². The number of aryl methyl sites for hydroxylation is 1. The SMILES string of the molecule is Cn1nc(NC(=O)NS(=O)(=O)c2ccccc2OC(Cl)=CCl)nc1OC(F)F. The van der Waals surface area contributed by atoms with Crippen molar-refractivity contribution in [1.82, 2.24) is 19.5 Å². The molecule has 0 radical (unpaired) electrons. The van der Waals surface area contributed by atoms with Gasteiger partial charge in [-0.25, -0.2) is 22.6 Å². The number of urea groups is 1. The molecule has 10 nitrogen and oxygen atoms in total. The summed E-state index contributed by atoms with van der Waals surface area (Å²) >= 11 is 11.0. The van der Waals surface area contributed by atoms with Crippen molar-refractivity contribution in [3.05, 3.63) is 35.0 Å². The number of hydrogen-bond donors (Lipinski definition) is 2. The number of para-hydroxylation sites is 1. The maximum Gasteiger partial charge on any atom is 0.389 e. The van der Waals surface area contributed by atoms with Crippen LogP contribution in [0.1, 0.15) is 0 Å². The molecule has 2 aromatic rings. The van der Waals surface area contributed by atoms with E-state index in [0.29, 0.717) is 0 Å². The molecule has 2 N–H and O–H groups in total. The number of benzene rings is 1. The van der Waals surface area contributed by atoms with Crippen molar-refractivity contribution in [2.45, 2.75) is 11.5 Å². The Morgan fingerprint density at radius 3 is 2.68 bits per heavy atom. The fourth-order valence-corrected chi connectivity index (χ4v) is 2.96. The van der Waals surface area contributed by atoms with Crippen molar-refractivity contribution in [2.24, 2.45) is 7.05 Å². The molecule has 0 spiro atoms. The number of carbonyl (C=O) groups excluding carboxylic acids is 1. The highest BCUT2D eigenvalue weighted by molar-refractivity contribution is 7.90. The smallest absolute Gasteiger partial charge is 0.389 e. The number of alkyl halides is 2. The number of hydrogen-bond acceptors (Lipinski definition) is 7. The lowest BCUT2D eigenvalue weighted by atomic mass is 10.3. The van der Waals surface area contributed by atoms with E-state index in [2.05, 4.69) is 14.8 Å². The number of halogens is 4. The predicted octanol–water partition coefficient (Wildman–Crippen LogP) is 2.58. The molecule has 2 rings (SSSR count). The summed E-state index contributed by atoms with van der Waals surface area (Å²) in [5.74, 6) is -0.670. The quantitative estimate of drug-likeness (QED) is 0.612. The molecule has 0 fully saturated rings. The second-order valence-corrected chi connectivity index (χ2v) is 6.98. The van der Waals surface area contributed by atoms with Gasteiger partial charge >= 0.3 is 18.7 Å². The zero-order valence-corrected chi connectivity index (χ0v) is 16.1. The zero-order chi connectivity index (χ0) is 20.9. The van der Waals surface area contributed by atoms with E-state index in [4.69, 9.17) is 27.9 Å². The molecule has 0 aliphatic carbocycles. The highest BCUT2D eigenvalue weighted by atomic mass is 35.5. The molecule has 1 aromatic heterocycles. The summed E-state index contributed by atoms with van der Waals surface area (Å²) in [6.45, 7) is -3.16. The third-order valence-corrected chi connectivity index (χ3v) is 4.67. The van der Waals surface area contributed by atoms with E-state index in [1.807, 2.05) is 5.32 Å². The van der Waals surface area contributed by atoms with E-state index in [9.17, 15) is 22.0 Å². The van der Waals surface area contributed by atoms with Crippen LogP contribution in [-0.4, -0.2) is 35.8 Å². The van der Waals surface area contributed by atoms with Gasteiger partial charge in [0, 0.05) is 7.05 Å². The van der Waals surface area contributed by atoms with Crippen LogP contribution in [0.2, 0.25) is 0 Å². The van der Waals surface area contributed by atoms with Crippen molar-refractivity contribution in [3.8, 4) is 11.8 Å². The Morgan fingerprint density at radius 1 is 1.36 bits per heavy atom. The minimum absolute atomic E-state index is 0.201. The lowest BCUT2D eigenvalue weighted by Crippen LogP contribution is -2.34. The molecule has 2 amide bonds. The van der Waals surface area contributed by atoms with Gasteiger partial charge in [0.15, 0.2) is 0 Å². The van der Waals surface area contributed by atoms with Crippen LogP contribution in [0.25, 0.3) is 0 Å². The Bertz CT molecular complexity index is 999. The van der Waals surface area contributed by atoms with Crippen molar-refractivity contribution < 1.29 is 31.5 Å². The van der Waals surface area contributed by atoms with Gasteiger partial charge in [-0.15, -0.1) is 5.10 Å². The number of sulfonamides is 1. The zero-order valence-electron chi connectivity index (χ0n) is 13.8. The highest BCUT2D eigenvalue weighted by Gasteiger charge is 2.24. The Labute approximate surface area is 167 Å².